The van der Waals surface area contributed by atoms with E-state index in [0.29, 0.717) is 4.47 Å². The highest BCUT2D eigenvalue weighted by Gasteiger charge is 2.36. The molecular weight excluding hydrogens is 326 g/mol. The van der Waals surface area contributed by atoms with E-state index in [0.717, 1.165) is 0 Å². The van der Waals surface area contributed by atoms with Gasteiger partial charge in [0.15, 0.2) is 0 Å². The van der Waals surface area contributed by atoms with Crippen molar-refractivity contribution in [3.63, 3.8) is 0 Å². The molecule has 0 bridgehead atoms. The Hall–Kier alpha value is -1.34. The van der Waals surface area contributed by atoms with Crippen LogP contribution in [0.5, 0.6) is 0 Å². The maximum absolute atomic E-state index is 12.0. The third-order valence-corrected chi connectivity index (χ3v) is 3.79. The van der Waals surface area contributed by atoms with Crippen LogP contribution in [0.4, 0.5) is 10.5 Å². The smallest absolute Gasteiger partial charge is 0.319 e. The van der Waals surface area contributed by atoms with Crippen LogP contribution in [0.1, 0.15) is 27.7 Å². The molecule has 0 radical (unpaired) electrons. The number of nitrogens with zero attached hydrogens (tertiary/aromatic N) is 1. The second-order valence-corrected chi connectivity index (χ2v) is 6.67. The van der Waals surface area contributed by atoms with Gasteiger partial charge in [-0.1, -0.05) is 0 Å². The van der Waals surface area contributed by atoms with E-state index in [4.69, 9.17) is 0 Å². The Labute approximate surface area is 126 Å². The van der Waals surface area contributed by atoms with Crippen molar-refractivity contribution in [3.05, 3.63) is 27.1 Å². The maximum Gasteiger partial charge on any atom is 0.319 e. The minimum Gasteiger partial charge on any atom is -0.388 e. The number of carbonyl (C=O) groups excluding carboxylic acids is 1. The Morgan fingerprint density at radius 3 is 2.40 bits per heavy atom. The van der Waals surface area contributed by atoms with E-state index in [9.17, 15) is 14.7 Å². The molecule has 0 atom stereocenters. The minimum absolute atomic E-state index is 0.158. The topological polar surface area (TPSA) is 83.4 Å². The predicted molar refractivity (Wildman–Crippen MR) is 81.9 cm³/mol. The van der Waals surface area contributed by atoms with Gasteiger partial charge in [0.2, 0.25) is 0 Å². The van der Waals surface area contributed by atoms with Gasteiger partial charge < -0.3 is 20.3 Å². The molecule has 2 amide bonds. The number of hydrogen-bond acceptors (Lipinski definition) is 3. The zero-order valence-electron chi connectivity index (χ0n) is 12.2. The molecule has 3 N–H and O–H groups in total. The summed E-state index contributed by atoms with van der Waals surface area (Å²) in [5.41, 5.74) is -2.11. The molecule has 1 aromatic rings. The molecule has 0 aromatic carbocycles. The molecule has 1 rings (SSSR count). The van der Waals surface area contributed by atoms with Crippen LogP contribution in [0.2, 0.25) is 0 Å². The first-order valence-electron chi connectivity index (χ1n) is 6.12. The van der Waals surface area contributed by atoms with Gasteiger partial charge in [-0.25, -0.2) is 4.79 Å². The fourth-order valence-corrected chi connectivity index (χ4v) is 1.89. The zero-order chi connectivity index (χ0) is 15.7. The second-order valence-electron chi connectivity index (χ2n) is 5.75. The summed E-state index contributed by atoms with van der Waals surface area (Å²) in [6, 6.07) is 0.978. The van der Waals surface area contributed by atoms with Gasteiger partial charge in [0, 0.05) is 17.7 Å². The molecule has 1 heterocycles. The van der Waals surface area contributed by atoms with Crippen LogP contribution in [-0.2, 0) is 7.05 Å². The van der Waals surface area contributed by atoms with Crippen molar-refractivity contribution >= 4 is 27.6 Å². The molecule has 20 heavy (non-hydrogen) atoms. The van der Waals surface area contributed by atoms with Gasteiger partial charge in [-0.15, -0.1) is 0 Å². The van der Waals surface area contributed by atoms with Crippen LogP contribution in [0.15, 0.2) is 21.5 Å². The number of halogens is 1. The van der Waals surface area contributed by atoms with Gasteiger partial charge in [0.1, 0.15) is 5.69 Å². The average Bonchev–Trinajstić information content (AvgIpc) is 2.22. The van der Waals surface area contributed by atoms with Gasteiger partial charge in [0.25, 0.3) is 5.56 Å². The van der Waals surface area contributed by atoms with Gasteiger partial charge in [-0.05, 0) is 49.7 Å². The molecule has 0 aliphatic rings. The minimum atomic E-state index is -1.10. The summed E-state index contributed by atoms with van der Waals surface area (Å²) in [7, 11) is 1.59. The summed E-state index contributed by atoms with van der Waals surface area (Å²) in [6.45, 7) is 6.61. The Morgan fingerprint density at radius 1 is 1.35 bits per heavy atom. The van der Waals surface area contributed by atoms with Crippen LogP contribution in [-0.4, -0.2) is 26.8 Å². The lowest BCUT2D eigenvalue weighted by molar-refractivity contribution is 0.00184. The normalized spacial score (nSPS) is 12.2. The van der Waals surface area contributed by atoms with Crippen LogP contribution in [0.3, 0.4) is 0 Å². The fraction of sp³-hybridized carbons (Fsp3) is 0.538. The average molecular weight is 346 g/mol. The van der Waals surface area contributed by atoms with E-state index in [1.807, 2.05) is 0 Å². The Balaban J connectivity index is 2.91. The van der Waals surface area contributed by atoms with E-state index in [-0.39, 0.29) is 11.2 Å². The first-order chi connectivity index (χ1) is 8.94. The lowest BCUT2D eigenvalue weighted by Crippen LogP contribution is -2.58. The number of nitrogens with one attached hydrogen (secondary N) is 2. The monoisotopic (exact) mass is 345 g/mol. The molecule has 112 valence electrons. The van der Waals surface area contributed by atoms with Gasteiger partial charge in [-0.3, -0.25) is 4.79 Å². The number of anilines is 1. The summed E-state index contributed by atoms with van der Waals surface area (Å²) >= 11 is 3.26. The fourth-order valence-electron chi connectivity index (χ4n) is 1.35. The SMILES string of the molecule is Cn1cc(Br)cc(NC(=O)NC(C)(C)C(C)(C)O)c1=O. The summed E-state index contributed by atoms with van der Waals surface area (Å²) in [5.74, 6) is 0. The van der Waals surface area contributed by atoms with Crippen molar-refractivity contribution < 1.29 is 9.90 Å². The predicted octanol–water partition coefficient (Wildman–Crippen LogP) is 1.82. The van der Waals surface area contributed by atoms with Gasteiger partial charge in [0.05, 0.1) is 11.1 Å². The highest BCUT2D eigenvalue weighted by Crippen LogP contribution is 2.20. The number of amides is 2. The van der Waals surface area contributed by atoms with Crippen molar-refractivity contribution in [1.29, 1.82) is 0 Å². The van der Waals surface area contributed by atoms with E-state index in [1.54, 1.807) is 40.9 Å². The molecule has 0 aliphatic heterocycles. The van der Waals surface area contributed by atoms with E-state index < -0.39 is 17.2 Å². The van der Waals surface area contributed by atoms with E-state index >= 15 is 0 Å². The van der Waals surface area contributed by atoms with Crippen molar-refractivity contribution in [1.82, 2.24) is 9.88 Å². The van der Waals surface area contributed by atoms with Crippen molar-refractivity contribution in [2.75, 3.05) is 5.32 Å². The molecule has 0 saturated heterocycles. The Morgan fingerprint density at radius 2 is 1.90 bits per heavy atom. The van der Waals surface area contributed by atoms with Crippen molar-refractivity contribution in [3.8, 4) is 0 Å². The van der Waals surface area contributed by atoms with Gasteiger partial charge >= 0.3 is 6.03 Å². The molecule has 0 fully saturated rings. The molecule has 0 unspecified atom stereocenters. The Kier molecular flexibility index (Phi) is 4.66. The number of aromatic nitrogens is 1. The zero-order valence-corrected chi connectivity index (χ0v) is 13.8. The maximum atomic E-state index is 12.0. The Bertz CT molecular complexity index is 573. The summed E-state index contributed by atoms with van der Waals surface area (Å²) in [4.78, 5) is 23.8. The number of urea groups is 1. The highest BCUT2D eigenvalue weighted by molar-refractivity contribution is 9.10. The summed E-state index contributed by atoms with van der Waals surface area (Å²) < 4.78 is 2.04. The number of carbonyl (C=O) groups is 1. The van der Waals surface area contributed by atoms with Crippen molar-refractivity contribution in [2.45, 2.75) is 38.8 Å². The molecule has 0 spiro atoms. The second kappa shape index (κ2) is 5.57. The van der Waals surface area contributed by atoms with Crippen LogP contribution in [0, 0.1) is 0 Å². The van der Waals surface area contributed by atoms with E-state index in [2.05, 4.69) is 26.6 Å². The van der Waals surface area contributed by atoms with Crippen LogP contribution >= 0.6 is 15.9 Å². The molecule has 6 nitrogen and oxygen atoms in total. The van der Waals surface area contributed by atoms with Crippen LogP contribution in [0.25, 0.3) is 0 Å². The van der Waals surface area contributed by atoms with Crippen LogP contribution < -0.4 is 16.2 Å². The van der Waals surface area contributed by atoms with Gasteiger partial charge in [-0.2, -0.15) is 0 Å². The number of aryl methyl sites for hydroxylation is 1. The first kappa shape index (κ1) is 16.7. The molecule has 0 saturated carbocycles. The summed E-state index contributed by atoms with van der Waals surface area (Å²) in [6.07, 6.45) is 1.60. The first-order valence-corrected chi connectivity index (χ1v) is 6.91. The summed E-state index contributed by atoms with van der Waals surface area (Å²) in [5, 5.41) is 15.1. The number of hydrogen-bond donors (Lipinski definition) is 3. The number of aliphatic hydroxyl groups is 1. The largest absolute Gasteiger partial charge is 0.388 e. The standard InChI is InChI=1S/C13H20BrN3O3/c1-12(2,13(3,4)20)16-11(19)15-9-6-8(14)7-17(5)10(9)18/h6-7,20H,1-5H3,(H2,15,16,19). The lowest BCUT2D eigenvalue weighted by atomic mass is 9.86. The third kappa shape index (κ3) is 3.83. The highest BCUT2D eigenvalue weighted by atomic mass is 79.9. The lowest BCUT2D eigenvalue weighted by Gasteiger charge is -2.37. The molecule has 7 heteroatoms. The molecule has 0 aliphatic carbocycles. The molecule has 1 aromatic heterocycles. The number of pyridine rings is 1. The quantitative estimate of drug-likeness (QED) is 0.781. The third-order valence-electron chi connectivity index (χ3n) is 3.35. The number of rotatable bonds is 3. The van der Waals surface area contributed by atoms with Crippen molar-refractivity contribution in [2.24, 2.45) is 7.05 Å². The molecular formula is C13H20BrN3O3. The van der Waals surface area contributed by atoms with E-state index in [1.165, 1.54) is 10.6 Å².